The van der Waals surface area contributed by atoms with Crippen molar-refractivity contribution < 1.29 is 32.8 Å². The number of benzene rings is 3. The van der Waals surface area contributed by atoms with Crippen LogP contribution < -0.4 is 33.8 Å². The second-order valence-electron chi connectivity index (χ2n) is 12.6. The number of aryl methyl sites for hydroxylation is 1. The average molecular weight is 717 g/mol. The van der Waals surface area contributed by atoms with Gasteiger partial charge in [-0.25, -0.2) is 0 Å². The van der Waals surface area contributed by atoms with Crippen LogP contribution in [0, 0.1) is 6.92 Å². The van der Waals surface area contributed by atoms with Crippen molar-refractivity contribution in [1.29, 1.82) is 0 Å². The van der Waals surface area contributed by atoms with Gasteiger partial charge < -0.3 is 32.8 Å². The maximum Gasteiger partial charge on any atom is 0.239 e. The summed E-state index contributed by atoms with van der Waals surface area (Å²) in [7, 11) is 7.57. The van der Waals surface area contributed by atoms with Crippen LogP contribution in [0.1, 0.15) is 50.6 Å². The summed E-state index contributed by atoms with van der Waals surface area (Å²) in [5, 5.41) is 14.1. The van der Waals surface area contributed by atoms with Crippen molar-refractivity contribution >= 4 is 28.9 Å². The first-order valence-electron chi connectivity index (χ1n) is 16.4. The lowest BCUT2D eigenvalue weighted by atomic mass is 9.87. The molecule has 3 aromatic carbocycles. The Bertz CT molecular complexity index is 2040. The summed E-state index contributed by atoms with van der Waals surface area (Å²) in [6.07, 6.45) is 3.23. The van der Waals surface area contributed by atoms with Gasteiger partial charge in [0.05, 0.1) is 48.4 Å². The molecule has 5 rings (SSSR count). The Morgan fingerprint density at radius 3 is 2.14 bits per heavy atom. The number of rotatable bonds is 15. The number of hydrogen-bond acceptors (Lipinski definition) is 12. The SMILES string of the molecule is COc1cc(OC)c2c(=O)c(OCCCCSc3nnc(C)n3N=Cc3ccc(C(C)(C)C)cc3)c(-c3cc(OC)c(OC)c(OC)c3)oc2c1. The van der Waals surface area contributed by atoms with Gasteiger partial charge in [-0.15, -0.1) is 10.2 Å². The average Bonchev–Trinajstić information content (AvgIpc) is 3.49. The van der Waals surface area contributed by atoms with Crippen molar-refractivity contribution in [2.45, 2.75) is 51.1 Å². The van der Waals surface area contributed by atoms with Gasteiger partial charge in [-0.3, -0.25) is 4.79 Å². The minimum atomic E-state index is -0.386. The monoisotopic (exact) mass is 716 g/mol. The van der Waals surface area contributed by atoms with Gasteiger partial charge in [-0.1, -0.05) is 56.8 Å². The summed E-state index contributed by atoms with van der Waals surface area (Å²) < 4.78 is 41.9. The van der Waals surface area contributed by atoms with Crippen LogP contribution in [0.15, 0.2) is 68.0 Å². The summed E-state index contributed by atoms with van der Waals surface area (Å²) >= 11 is 1.55. The zero-order chi connectivity index (χ0) is 36.7. The third kappa shape index (κ3) is 8.25. The van der Waals surface area contributed by atoms with Gasteiger partial charge in [0.25, 0.3) is 0 Å². The minimum Gasteiger partial charge on any atom is -0.496 e. The molecule has 2 aromatic heterocycles. The lowest BCUT2D eigenvalue weighted by Crippen LogP contribution is -2.12. The summed E-state index contributed by atoms with van der Waals surface area (Å²) in [4.78, 5) is 14.1. The third-order valence-electron chi connectivity index (χ3n) is 8.16. The standard InChI is InChI=1S/C38H44N4O8S/c1-23-40-41-37(42(23)39-22-24-12-14-26(15-13-24)38(2,3)4)51-17-11-10-16-49-36-33(43)32-28(45-6)20-27(44-5)21-29(32)50-34(36)25-18-30(46-7)35(48-9)31(19-25)47-8/h12-15,18-22H,10-11,16-17H2,1-9H3. The number of hydrogen-bond donors (Lipinski definition) is 0. The lowest BCUT2D eigenvalue weighted by Gasteiger charge is -2.18. The van der Waals surface area contributed by atoms with Crippen LogP contribution in [0.5, 0.6) is 34.5 Å². The van der Waals surface area contributed by atoms with Gasteiger partial charge >= 0.3 is 0 Å². The van der Waals surface area contributed by atoms with Crippen LogP contribution in [0.3, 0.4) is 0 Å². The molecule has 5 aromatic rings. The van der Waals surface area contributed by atoms with Crippen LogP contribution >= 0.6 is 11.8 Å². The summed E-state index contributed by atoms with van der Waals surface area (Å²) in [5.74, 6) is 3.63. The van der Waals surface area contributed by atoms with Gasteiger partial charge in [0.15, 0.2) is 23.1 Å². The predicted octanol–water partition coefficient (Wildman–Crippen LogP) is 7.53. The fourth-order valence-corrected chi connectivity index (χ4v) is 6.28. The highest BCUT2D eigenvalue weighted by Crippen LogP contribution is 2.44. The van der Waals surface area contributed by atoms with Gasteiger partial charge in [-0.2, -0.15) is 9.78 Å². The molecular weight excluding hydrogens is 673 g/mol. The zero-order valence-electron chi connectivity index (χ0n) is 30.5. The Labute approximate surface area is 301 Å². The highest BCUT2D eigenvalue weighted by Gasteiger charge is 2.24. The second kappa shape index (κ2) is 16.2. The fraction of sp³-hybridized carbons (Fsp3) is 0.368. The fourth-order valence-electron chi connectivity index (χ4n) is 5.35. The summed E-state index contributed by atoms with van der Waals surface area (Å²) in [6, 6.07) is 15.0. The van der Waals surface area contributed by atoms with Crippen molar-refractivity contribution in [3.05, 3.63) is 75.7 Å². The van der Waals surface area contributed by atoms with E-state index in [2.05, 4.69) is 60.3 Å². The molecule has 12 nitrogen and oxygen atoms in total. The first-order valence-corrected chi connectivity index (χ1v) is 17.4. The first-order chi connectivity index (χ1) is 24.5. The Kier molecular flexibility index (Phi) is 11.8. The molecule has 0 bridgehead atoms. The first kappa shape index (κ1) is 37.1. The molecule has 0 aliphatic carbocycles. The minimum absolute atomic E-state index is 0.0353. The van der Waals surface area contributed by atoms with Gasteiger partial charge in [-0.05, 0) is 48.4 Å². The lowest BCUT2D eigenvalue weighted by molar-refractivity contribution is 0.301. The molecule has 2 heterocycles. The topological polar surface area (TPSA) is 129 Å². The van der Waals surface area contributed by atoms with E-state index in [1.807, 2.05) is 13.1 Å². The molecule has 0 spiro atoms. The number of unbranched alkanes of at least 4 members (excludes halogenated alkanes) is 1. The van der Waals surface area contributed by atoms with Crippen molar-refractivity contribution in [2.75, 3.05) is 47.9 Å². The van der Waals surface area contributed by atoms with Crippen LogP contribution in [-0.4, -0.2) is 69.0 Å². The largest absolute Gasteiger partial charge is 0.496 e. The molecule has 0 fully saturated rings. The number of methoxy groups -OCH3 is 5. The number of nitrogens with zero attached hydrogens (tertiary/aromatic N) is 4. The maximum atomic E-state index is 14.1. The Morgan fingerprint density at radius 1 is 0.843 bits per heavy atom. The van der Waals surface area contributed by atoms with Gasteiger partial charge in [0, 0.05) is 23.4 Å². The van der Waals surface area contributed by atoms with Crippen LogP contribution in [0.2, 0.25) is 0 Å². The molecule has 0 saturated carbocycles. The highest BCUT2D eigenvalue weighted by molar-refractivity contribution is 7.99. The molecule has 0 radical (unpaired) electrons. The molecule has 0 N–H and O–H groups in total. The van der Waals surface area contributed by atoms with E-state index in [0.717, 1.165) is 17.7 Å². The normalized spacial score (nSPS) is 11.6. The molecule has 13 heteroatoms. The van der Waals surface area contributed by atoms with E-state index in [-0.39, 0.29) is 39.9 Å². The highest BCUT2D eigenvalue weighted by atomic mass is 32.2. The quantitative estimate of drug-likeness (QED) is 0.0606. The molecule has 270 valence electrons. The van der Waals surface area contributed by atoms with Gasteiger partial charge in [0.1, 0.15) is 22.5 Å². The number of thioether (sulfide) groups is 1. The van der Waals surface area contributed by atoms with Crippen LogP contribution in [-0.2, 0) is 5.41 Å². The van der Waals surface area contributed by atoms with Crippen LogP contribution in [0.4, 0.5) is 0 Å². The van der Waals surface area contributed by atoms with E-state index in [1.54, 1.807) is 40.7 Å². The number of ether oxygens (including phenoxy) is 6. The van der Waals surface area contributed by atoms with E-state index >= 15 is 0 Å². The molecule has 0 saturated heterocycles. The molecule has 0 atom stereocenters. The second-order valence-corrected chi connectivity index (χ2v) is 13.6. The third-order valence-corrected chi connectivity index (χ3v) is 9.16. The number of fused-ring (bicyclic) bond motifs is 1. The summed E-state index contributed by atoms with van der Waals surface area (Å²) in [5.41, 5.74) is 2.72. The maximum absolute atomic E-state index is 14.1. The zero-order valence-corrected chi connectivity index (χ0v) is 31.3. The molecule has 0 aliphatic heterocycles. The van der Waals surface area contributed by atoms with E-state index in [4.69, 9.17) is 32.8 Å². The van der Waals surface area contributed by atoms with E-state index in [0.29, 0.717) is 51.7 Å². The van der Waals surface area contributed by atoms with E-state index in [9.17, 15) is 4.79 Å². The Balaban J connectivity index is 1.33. The van der Waals surface area contributed by atoms with E-state index < -0.39 is 0 Å². The predicted molar refractivity (Wildman–Crippen MR) is 199 cm³/mol. The Hall–Kier alpha value is -5.17. The Morgan fingerprint density at radius 2 is 1.53 bits per heavy atom. The van der Waals surface area contributed by atoms with Crippen molar-refractivity contribution in [1.82, 2.24) is 14.9 Å². The summed E-state index contributed by atoms with van der Waals surface area (Å²) in [6.45, 7) is 8.70. The molecule has 0 aliphatic rings. The number of aromatic nitrogens is 3. The van der Waals surface area contributed by atoms with Crippen molar-refractivity contribution in [2.24, 2.45) is 5.10 Å². The van der Waals surface area contributed by atoms with Crippen molar-refractivity contribution in [3.63, 3.8) is 0 Å². The van der Waals surface area contributed by atoms with Crippen molar-refractivity contribution in [3.8, 4) is 45.8 Å². The molecule has 51 heavy (non-hydrogen) atoms. The molecule has 0 unspecified atom stereocenters. The smallest absolute Gasteiger partial charge is 0.239 e. The molecule has 0 amide bonds. The van der Waals surface area contributed by atoms with Crippen LogP contribution in [0.25, 0.3) is 22.3 Å². The van der Waals surface area contributed by atoms with E-state index in [1.165, 1.54) is 41.1 Å². The van der Waals surface area contributed by atoms with Gasteiger partial charge in [0.2, 0.25) is 22.1 Å². The molecular formula is C38H44N4O8S.